The number of nitrogens with zero attached hydrogens (tertiary/aromatic N) is 2. The van der Waals surface area contributed by atoms with Gasteiger partial charge in [-0.25, -0.2) is 0 Å². The minimum atomic E-state index is -0.797. The Labute approximate surface area is 102 Å². The smallest absolute Gasteiger partial charge is 0.154 e. The summed E-state index contributed by atoms with van der Waals surface area (Å²) < 4.78 is 7.75. The zero-order valence-corrected chi connectivity index (χ0v) is 10.7. The molecular formula is C11H13BrN2O2. The molecule has 16 heavy (non-hydrogen) atoms. The molecule has 0 bridgehead atoms. The van der Waals surface area contributed by atoms with Gasteiger partial charge in [0.1, 0.15) is 5.76 Å². The van der Waals surface area contributed by atoms with Crippen LogP contribution in [-0.4, -0.2) is 14.9 Å². The van der Waals surface area contributed by atoms with Crippen molar-refractivity contribution in [3.05, 3.63) is 40.5 Å². The molecule has 86 valence electrons. The van der Waals surface area contributed by atoms with E-state index in [1.54, 1.807) is 29.3 Å². The summed E-state index contributed by atoms with van der Waals surface area (Å²) in [6, 6.07) is 3.68. The molecule has 0 spiro atoms. The monoisotopic (exact) mass is 284 g/mol. The van der Waals surface area contributed by atoms with Crippen LogP contribution >= 0.6 is 15.9 Å². The standard InChI is InChI=1S/C11H13BrN2O2/c1-7(2)14-10(8(12)6-13-14)11(15)9-4-3-5-16-9/h3-7,11,15H,1-2H3. The third kappa shape index (κ3) is 1.92. The maximum atomic E-state index is 10.2. The molecule has 2 heterocycles. The Bertz CT molecular complexity index is 462. The van der Waals surface area contributed by atoms with E-state index in [4.69, 9.17) is 4.42 Å². The van der Waals surface area contributed by atoms with Crippen LogP contribution in [0.25, 0.3) is 0 Å². The Hall–Kier alpha value is -1.07. The average Bonchev–Trinajstić information content (AvgIpc) is 2.84. The molecule has 0 radical (unpaired) electrons. The Morgan fingerprint density at radius 3 is 2.81 bits per heavy atom. The maximum absolute atomic E-state index is 10.2. The van der Waals surface area contributed by atoms with Gasteiger partial charge in [-0.05, 0) is 41.9 Å². The number of aromatic nitrogens is 2. The second kappa shape index (κ2) is 4.43. The van der Waals surface area contributed by atoms with Gasteiger partial charge in [-0.3, -0.25) is 4.68 Å². The highest BCUT2D eigenvalue weighted by molar-refractivity contribution is 9.10. The van der Waals surface area contributed by atoms with Crippen molar-refractivity contribution >= 4 is 15.9 Å². The van der Waals surface area contributed by atoms with Crippen LogP contribution in [0.2, 0.25) is 0 Å². The van der Waals surface area contributed by atoms with Crippen molar-refractivity contribution < 1.29 is 9.52 Å². The first kappa shape index (κ1) is 11.4. The van der Waals surface area contributed by atoms with Gasteiger partial charge in [0.2, 0.25) is 0 Å². The first-order valence-corrected chi connectivity index (χ1v) is 5.85. The number of hydrogen-bond donors (Lipinski definition) is 1. The molecule has 1 N–H and O–H groups in total. The first-order valence-electron chi connectivity index (χ1n) is 5.05. The van der Waals surface area contributed by atoms with Gasteiger partial charge in [-0.2, -0.15) is 5.10 Å². The van der Waals surface area contributed by atoms with E-state index in [2.05, 4.69) is 21.0 Å². The first-order chi connectivity index (χ1) is 7.61. The SMILES string of the molecule is CC(C)n1ncc(Br)c1C(O)c1ccco1. The molecule has 1 unspecified atom stereocenters. The molecule has 5 heteroatoms. The molecule has 0 aromatic carbocycles. The van der Waals surface area contributed by atoms with Crippen LogP contribution in [0.15, 0.2) is 33.5 Å². The fourth-order valence-corrected chi connectivity index (χ4v) is 2.09. The Kier molecular flexibility index (Phi) is 3.16. The summed E-state index contributed by atoms with van der Waals surface area (Å²) in [6.45, 7) is 4.02. The molecule has 2 rings (SSSR count). The van der Waals surface area contributed by atoms with Gasteiger partial charge in [-0.1, -0.05) is 0 Å². The Morgan fingerprint density at radius 1 is 1.50 bits per heavy atom. The van der Waals surface area contributed by atoms with Crippen LogP contribution in [0.4, 0.5) is 0 Å². The highest BCUT2D eigenvalue weighted by Crippen LogP contribution is 2.30. The van der Waals surface area contributed by atoms with Gasteiger partial charge in [0, 0.05) is 6.04 Å². The summed E-state index contributed by atoms with van der Waals surface area (Å²) in [5, 5.41) is 14.4. The van der Waals surface area contributed by atoms with Crippen molar-refractivity contribution in [2.24, 2.45) is 0 Å². The molecule has 0 aliphatic carbocycles. The van der Waals surface area contributed by atoms with E-state index in [9.17, 15) is 5.11 Å². The van der Waals surface area contributed by atoms with Crippen molar-refractivity contribution in [2.75, 3.05) is 0 Å². The zero-order valence-electron chi connectivity index (χ0n) is 9.09. The predicted molar refractivity (Wildman–Crippen MR) is 63.1 cm³/mol. The van der Waals surface area contributed by atoms with E-state index in [1.807, 2.05) is 13.8 Å². The van der Waals surface area contributed by atoms with Gasteiger partial charge in [0.15, 0.2) is 6.10 Å². The van der Waals surface area contributed by atoms with Gasteiger partial charge >= 0.3 is 0 Å². The van der Waals surface area contributed by atoms with Gasteiger partial charge < -0.3 is 9.52 Å². The highest BCUT2D eigenvalue weighted by atomic mass is 79.9. The van der Waals surface area contributed by atoms with Gasteiger partial charge in [0.05, 0.1) is 22.6 Å². The van der Waals surface area contributed by atoms with Crippen molar-refractivity contribution in [3.8, 4) is 0 Å². The van der Waals surface area contributed by atoms with E-state index in [0.29, 0.717) is 11.5 Å². The van der Waals surface area contributed by atoms with E-state index in [-0.39, 0.29) is 6.04 Å². The molecule has 0 amide bonds. The predicted octanol–water partition coefficient (Wildman–Crippen LogP) is 2.90. The number of furan rings is 1. The van der Waals surface area contributed by atoms with Gasteiger partial charge in [-0.15, -0.1) is 0 Å². The van der Waals surface area contributed by atoms with E-state index in [1.165, 1.54) is 0 Å². The third-order valence-corrected chi connectivity index (χ3v) is 2.96. The fraction of sp³-hybridized carbons (Fsp3) is 0.364. The second-order valence-electron chi connectivity index (χ2n) is 3.83. The molecule has 0 aliphatic rings. The quantitative estimate of drug-likeness (QED) is 0.943. The third-order valence-electron chi connectivity index (χ3n) is 2.35. The second-order valence-corrected chi connectivity index (χ2v) is 4.69. The molecule has 0 saturated carbocycles. The van der Waals surface area contributed by atoms with E-state index < -0.39 is 6.10 Å². The molecule has 0 saturated heterocycles. The summed E-state index contributed by atoms with van der Waals surface area (Å²) >= 11 is 3.39. The van der Waals surface area contributed by atoms with Crippen molar-refractivity contribution in [1.82, 2.24) is 9.78 Å². The molecule has 2 aromatic heterocycles. The molecule has 0 aliphatic heterocycles. The largest absolute Gasteiger partial charge is 0.466 e. The summed E-state index contributed by atoms with van der Waals surface area (Å²) in [5.74, 6) is 0.517. The number of halogens is 1. The molecular weight excluding hydrogens is 272 g/mol. The molecule has 2 aromatic rings. The van der Waals surface area contributed by atoms with Crippen LogP contribution in [0.1, 0.15) is 37.4 Å². The lowest BCUT2D eigenvalue weighted by atomic mass is 10.2. The normalized spacial score (nSPS) is 13.3. The van der Waals surface area contributed by atoms with E-state index >= 15 is 0 Å². The van der Waals surface area contributed by atoms with Crippen LogP contribution in [0, 0.1) is 0 Å². The summed E-state index contributed by atoms with van der Waals surface area (Å²) in [4.78, 5) is 0. The molecule has 0 fully saturated rings. The molecule has 4 nitrogen and oxygen atoms in total. The van der Waals surface area contributed by atoms with Crippen LogP contribution in [-0.2, 0) is 0 Å². The lowest BCUT2D eigenvalue weighted by Crippen LogP contribution is -2.12. The minimum absolute atomic E-state index is 0.186. The van der Waals surface area contributed by atoms with Crippen LogP contribution in [0.3, 0.4) is 0 Å². The lowest BCUT2D eigenvalue weighted by molar-refractivity contribution is 0.175. The van der Waals surface area contributed by atoms with Crippen molar-refractivity contribution in [2.45, 2.75) is 26.0 Å². The molecule has 1 atom stereocenters. The summed E-state index contributed by atoms with van der Waals surface area (Å²) in [5.41, 5.74) is 0.713. The Morgan fingerprint density at radius 2 is 2.25 bits per heavy atom. The minimum Gasteiger partial charge on any atom is -0.466 e. The summed E-state index contributed by atoms with van der Waals surface area (Å²) in [7, 11) is 0. The zero-order chi connectivity index (χ0) is 11.7. The van der Waals surface area contributed by atoms with Crippen LogP contribution in [0.5, 0.6) is 0 Å². The fourth-order valence-electron chi connectivity index (χ4n) is 1.60. The van der Waals surface area contributed by atoms with Crippen molar-refractivity contribution in [3.63, 3.8) is 0 Å². The maximum Gasteiger partial charge on any atom is 0.154 e. The number of hydrogen-bond acceptors (Lipinski definition) is 3. The van der Waals surface area contributed by atoms with Crippen LogP contribution < -0.4 is 0 Å². The topological polar surface area (TPSA) is 51.2 Å². The van der Waals surface area contributed by atoms with Gasteiger partial charge in [0.25, 0.3) is 0 Å². The number of rotatable bonds is 3. The number of aliphatic hydroxyl groups excluding tert-OH is 1. The number of aliphatic hydroxyl groups is 1. The van der Waals surface area contributed by atoms with E-state index in [0.717, 1.165) is 4.47 Å². The lowest BCUT2D eigenvalue weighted by Gasteiger charge is -2.14. The average molecular weight is 285 g/mol. The van der Waals surface area contributed by atoms with Crippen molar-refractivity contribution in [1.29, 1.82) is 0 Å². The highest BCUT2D eigenvalue weighted by Gasteiger charge is 2.22. The Balaban J connectivity index is 2.43. The summed E-state index contributed by atoms with van der Waals surface area (Å²) in [6.07, 6.45) is 2.43.